The van der Waals surface area contributed by atoms with Crippen molar-refractivity contribution < 1.29 is 33.8 Å². The third kappa shape index (κ3) is 5.04. The smallest absolute Gasteiger partial charge is 0.238 e. The molecule has 3 aromatic carbocycles. The Hall–Kier alpha value is -5.02. The zero-order chi connectivity index (χ0) is 33.9. The van der Waals surface area contributed by atoms with Crippen molar-refractivity contribution in [3.05, 3.63) is 116 Å². The minimum Gasteiger partial charge on any atom is -0.507 e. The number of para-hydroxylation sites is 1. The Labute approximate surface area is 286 Å². The van der Waals surface area contributed by atoms with Gasteiger partial charge in [0.25, 0.3) is 0 Å². The molecule has 48 heavy (non-hydrogen) atoms. The molecule has 2 amide bonds. The summed E-state index contributed by atoms with van der Waals surface area (Å²) in [5, 5.41) is 11.2. The van der Waals surface area contributed by atoms with E-state index >= 15 is 0 Å². The van der Waals surface area contributed by atoms with Gasteiger partial charge in [-0.1, -0.05) is 54.1 Å². The Kier molecular flexibility index (Phi) is 8.03. The van der Waals surface area contributed by atoms with E-state index in [1.807, 2.05) is 48.6 Å². The molecule has 0 bridgehead atoms. The van der Waals surface area contributed by atoms with Crippen LogP contribution in [0.2, 0.25) is 0 Å². The monoisotopic (exact) mass is 705 g/mol. The van der Waals surface area contributed by atoms with Gasteiger partial charge < -0.3 is 14.6 Å². The molecular formula is C39H32BrNO7. The molecule has 0 spiro atoms. The van der Waals surface area contributed by atoms with Gasteiger partial charge in [-0.15, -0.1) is 0 Å². The molecule has 1 saturated heterocycles. The molecule has 9 heteroatoms. The summed E-state index contributed by atoms with van der Waals surface area (Å²) >= 11 is 3.25. The fourth-order valence-electron chi connectivity index (χ4n) is 7.62. The molecule has 0 unspecified atom stereocenters. The molecule has 7 rings (SSSR count). The van der Waals surface area contributed by atoms with Crippen molar-refractivity contribution >= 4 is 57.2 Å². The molecule has 4 atom stereocenters. The van der Waals surface area contributed by atoms with Crippen LogP contribution >= 0.6 is 15.9 Å². The number of hydrogen-bond donors (Lipinski definition) is 1. The standard InChI is InChI=1S/C39H32BrNO7/c1-20-5-4-6-26(36(20)43)33-25-14-15-27-34(28(25)18-29-35(33)31(42)19-30(40)37(29)44)39(46)41(38(27)45)23-11-8-21(9-12-23)7-10-22-17-24(47-2)13-16-32(22)48-3/h4-14,16-17,19,27-28,33-34,43H,15,18H2,1-3H3/t27-,28+,33+,34-/m0/s1. The van der Waals surface area contributed by atoms with E-state index < -0.39 is 23.7 Å². The fourth-order valence-corrected chi connectivity index (χ4v) is 8.07. The Morgan fingerprint density at radius 2 is 1.69 bits per heavy atom. The first kappa shape index (κ1) is 31.6. The Balaban J connectivity index is 1.21. The summed E-state index contributed by atoms with van der Waals surface area (Å²) in [4.78, 5) is 56.4. The van der Waals surface area contributed by atoms with Crippen molar-refractivity contribution in [2.45, 2.75) is 25.7 Å². The highest BCUT2D eigenvalue weighted by atomic mass is 79.9. The number of aryl methyl sites for hydroxylation is 1. The summed E-state index contributed by atoms with van der Waals surface area (Å²) in [6, 6.07) is 18.1. The Morgan fingerprint density at radius 1 is 0.917 bits per heavy atom. The molecule has 3 aromatic rings. The number of phenols is 1. The summed E-state index contributed by atoms with van der Waals surface area (Å²) in [6.07, 6.45) is 7.52. The quantitative estimate of drug-likeness (QED) is 0.129. The molecule has 3 aliphatic carbocycles. The SMILES string of the molecule is COc1ccc(OC)c(C=Cc2ccc(N3C(=O)[C@H]4[C@H](CC=C5[C@H](c6cccc(C)c6O)C6=C(C[C@H]54)C(=O)C(Br)=CC6=O)C3=O)cc2)c1. The van der Waals surface area contributed by atoms with E-state index in [0.717, 1.165) is 16.7 Å². The van der Waals surface area contributed by atoms with Gasteiger partial charge in [0.15, 0.2) is 11.6 Å². The number of carbonyl (C=O) groups excluding carboxylic acids is 4. The van der Waals surface area contributed by atoms with Crippen molar-refractivity contribution in [2.75, 3.05) is 19.1 Å². The number of imide groups is 1. The third-order valence-electron chi connectivity index (χ3n) is 9.95. The number of hydrogen-bond acceptors (Lipinski definition) is 7. The highest BCUT2D eigenvalue weighted by Gasteiger charge is 2.56. The van der Waals surface area contributed by atoms with E-state index in [0.29, 0.717) is 45.9 Å². The van der Waals surface area contributed by atoms with E-state index in [4.69, 9.17) is 9.47 Å². The zero-order valence-corrected chi connectivity index (χ0v) is 28.1. The number of anilines is 1. The molecule has 1 aliphatic heterocycles. The van der Waals surface area contributed by atoms with Gasteiger partial charge in [-0.05, 0) is 83.1 Å². The van der Waals surface area contributed by atoms with Crippen molar-refractivity contribution in [1.29, 1.82) is 0 Å². The lowest BCUT2D eigenvalue weighted by atomic mass is 9.59. The average molecular weight is 707 g/mol. The molecule has 0 saturated carbocycles. The summed E-state index contributed by atoms with van der Waals surface area (Å²) in [5.41, 5.74) is 4.75. The topological polar surface area (TPSA) is 110 Å². The molecular weight excluding hydrogens is 674 g/mol. The minimum atomic E-state index is -0.714. The lowest BCUT2D eigenvalue weighted by Gasteiger charge is -2.42. The first-order valence-electron chi connectivity index (χ1n) is 15.7. The molecule has 4 aliphatic rings. The van der Waals surface area contributed by atoms with Crippen LogP contribution in [0.1, 0.15) is 41.0 Å². The van der Waals surface area contributed by atoms with Crippen LogP contribution in [-0.2, 0) is 19.2 Å². The van der Waals surface area contributed by atoms with Crippen molar-refractivity contribution in [2.24, 2.45) is 17.8 Å². The van der Waals surface area contributed by atoms with Gasteiger partial charge >= 0.3 is 0 Å². The highest BCUT2D eigenvalue weighted by molar-refractivity contribution is 9.12. The van der Waals surface area contributed by atoms with Gasteiger partial charge in [0.2, 0.25) is 11.8 Å². The number of Topliss-reactive ketones (excluding diaryl/α,β-unsaturated/α-hetero) is 1. The highest BCUT2D eigenvalue weighted by Crippen LogP contribution is 2.56. The summed E-state index contributed by atoms with van der Waals surface area (Å²) in [7, 11) is 3.21. The van der Waals surface area contributed by atoms with Crippen LogP contribution in [0.15, 0.2) is 94.0 Å². The predicted molar refractivity (Wildman–Crippen MR) is 185 cm³/mol. The molecule has 1 heterocycles. The number of ketones is 2. The average Bonchev–Trinajstić information content (AvgIpc) is 3.35. The van der Waals surface area contributed by atoms with Gasteiger partial charge in [-0.3, -0.25) is 24.1 Å². The number of benzene rings is 3. The van der Waals surface area contributed by atoms with Crippen molar-refractivity contribution in [3.63, 3.8) is 0 Å². The molecule has 8 nitrogen and oxygen atoms in total. The number of phenolic OH excluding ortho intramolecular Hbond substituents is 1. The lowest BCUT2D eigenvalue weighted by Crippen LogP contribution is -2.39. The first-order valence-corrected chi connectivity index (χ1v) is 16.5. The van der Waals surface area contributed by atoms with Crippen LogP contribution in [0.3, 0.4) is 0 Å². The Bertz CT molecular complexity index is 2040. The fraction of sp³-hybridized carbons (Fsp3) is 0.231. The second kappa shape index (κ2) is 12.2. The van der Waals surface area contributed by atoms with Crippen LogP contribution in [0.5, 0.6) is 17.2 Å². The molecule has 0 radical (unpaired) electrons. The summed E-state index contributed by atoms with van der Waals surface area (Å²) < 4.78 is 11.0. The van der Waals surface area contributed by atoms with E-state index in [1.165, 1.54) is 11.0 Å². The first-order chi connectivity index (χ1) is 23.1. The second-order valence-corrected chi connectivity index (χ2v) is 13.3. The molecule has 0 aromatic heterocycles. The normalized spacial score (nSPS) is 23.5. The van der Waals surface area contributed by atoms with Crippen LogP contribution in [0.4, 0.5) is 5.69 Å². The number of allylic oxidation sites excluding steroid dienone is 6. The van der Waals surface area contributed by atoms with Gasteiger partial charge in [0.05, 0.1) is 36.2 Å². The maximum atomic E-state index is 14.3. The number of methoxy groups -OCH3 is 2. The minimum absolute atomic E-state index is 0.0429. The largest absolute Gasteiger partial charge is 0.507 e. The Morgan fingerprint density at radius 3 is 2.42 bits per heavy atom. The maximum absolute atomic E-state index is 14.3. The van der Waals surface area contributed by atoms with Crippen molar-refractivity contribution in [3.8, 4) is 17.2 Å². The lowest BCUT2D eigenvalue weighted by molar-refractivity contribution is -0.123. The zero-order valence-electron chi connectivity index (χ0n) is 26.5. The number of amides is 2. The van der Waals surface area contributed by atoms with E-state index in [-0.39, 0.29) is 40.0 Å². The van der Waals surface area contributed by atoms with E-state index in [9.17, 15) is 24.3 Å². The molecule has 1 N–H and O–H groups in total. The van der Waals surface area contributed by atoms with Crippen LogP contribution in [-0.4, -0.2) is 42.7 Å². The second-order valence-electron chi connectivity index (χ2n) is 12.5. The number of ether oxygens (including phenoxy) is 2. The number of fused-ring (bicyclic) bond motifs is 3. The maximum Gasteiger partial charge on any atom is 0.238 e. The van der Waals surface area contributed by atoms with Gasteiger partial charge in [-0.25, -0.2) is 0 Å². The van der Waals surface area contributed by atoms with Gasteiger partial charge in [-0.2, -0.15) is 0 Å². The van der Waals surface area contributed by atoms with Gasteiger partial charge in [0, 0.05) is 34.3 Å². The number of carbonyl (C=O) groups is 4. The summed E-state index contributed by atoms with van der Waals surface area (Å²) in [5.74, 6) is -2.32. The number of nitrogens with zero attached hydrogens (tertiary/aromatic N) is 1. The third-order valence-corrected chi connectivity index (χ3v) is 10.5. The number of aromatic hydroxyl groups is 1. The van der Waals surface area contributed by atoms with Crippen molar-refractivity contribution in [1.82, 2.24) is 0 Å². The van der Waals surface area contributed by atoms with Crippen LogP contribution in [0.25, 0.3) is 12.2 Å². The summed E-state index contributed by atoms with van der Waals surface area (Å²) in [6.45, 7) is 1.78. The molecule has 1 fully saturated rings. The van der Waals surface area contributed by atoms with Crippen LogP contribution in [0, 0.1) is 24.7 Å². The molecule has 242 valence electrons. The van der Waals surface area contributed by atoms with E-state index in [1.54, 1.807) is 51.5 Å². The number of halogens is 1. The van der Waals surface area contributed by atoms with E-state index in [2.05, 4.69) is 15.9 Å². The van der Waals surface area contributed by atoms with Gasteiger partial charge in [0.1, 0.15) is 17.2 Å². The van der Waals surface area contributed by atoms with Crippen LogP contribution < -0.4 is 14.4 Å². The number of rotatable bonds is 6. The predicted octanol–water partition coefficient (Wildman–Crippen LogP) is 6.85.